The van der Waals surface area contributed by atoms with Crippen LogP contribution in [0.5, 0.6) is 5.75 Å². The Hall–Kier alpha value is -2.91. The molecule has 0 atom stereocenters. The van der Waals surface area contributed by atoms with Crippen LogP contribution < -0.4 is 10.5 Å². The van der Waals surface area contributed by atoms with Gasteiger partial charge in [0.25, 0.3) is 5.91 Å². The number of nitrogens with zero attached hydrogens (tertiary/aromatic N) is 4. The van der Waals surface area contributed by atoms with Gasteiger partial charge in [0.1, 0.15) is 28.5 Å². The number of benzene rings is 1. The minimum absolute atomic E-state index is 0.147. The second-order valence-corrected chi connectivity index (χ2v) is 8.34. The summed E-state index contributed by atoms with van der Waals surface area (Å²) >= 11 is 6.24. The molecule has 4 rings (SSSR count). The molecule has 1 aliphatic heterocycles. The van der Waals surface area contributed by atoms with Gasteiger partial charge in [-0.05, 0) is 26.8 Å². The van der Waals surface area contributed by atoms with Gasteiger partial charge < -0.3 is 20.1 Å². The van der Waals surface area contributed by atoms with E-state index >= 15 is 4.39 Å². The summed E-state index contributed by atoms with van der Waals surface area (Å²) in [6.07, 6.45) is 3.31. The van der Waals surface area contributed by atoms with Crippen LogP contribution in [-0.4, -0.2) is 57.6 Å². The summed E-state index contributed by atoms with van der Waals surface area (Å²) < 4.78 is 28.3. The van der Waals surface area contributed by atoms with E-state index in [0.29, 0.717) is 49.0 Å². The molecule has 1 aromatic carbocycles. The Kier molecular flexibility index (Phi) is 6.21. The van der Waals surface area contributed by atoms with Crippen molar-refractivity contribution < 1.29 is 18.7 Å². The predicted molar refractivity (Wildman–Crippen MR) is 119 cm³/mol. The number of halogens is 2. The molecule has 10 heteroatoms. The molecule has 0 saturated carbocycles. The predicted octanol–water partition coefficient (Wildman–Crippen LogP) is 3.26. The van der Waals surface area contributed by atoms with Gasteiger partial charge in [-0.3, -0.25) is 9.20 Å². The van der Waals surface area contributed by atoms with Gasteiger partial charge in [-0.2, -0.15) is 0 Å². The third kappa shape index (κ3) is 4.10. The second-order valence-electron chi connectivity index (χ2n) is 7.93. The minimum Gasteiger partial charge on any atom is -0.490 e. The summed E-state index contributed by atoms with van der Waals surface area (Å²) in [4.78, 5) is 23.6. The Morgan fingerprint density at radius 2 is 2.09 bits per heavy atom. The van der Waals surface area contributed by atoms with Gasteiger partial charge in [-0.25, -0.2) is 14.4 Å². The first-order chi connectivity index (χ1) is 15.3. The van der Waals surface area contributed by atoms with Crippen LogP contribution in [0.25, 0.3) is 5.52 Å². The smallest absolute Gasteiger partial charge is 0.260 e. The lowest BCUT2D eigenvalue weighted by Gasteiger charge is -2.28. The van der Waals surface area contributed by atoms with Crippen LogP contribution in [0.1, 0.15) is 41.3 Å². The highest BCUT2D eigenvalue weighted by molar-refractivity contribution is 6.31. The zero-order valence-corrected chi connectivity index (χ0v) is 18.9. The first-order valence-corrected chi connectivity index (χ1v) is 10.8. The van der Waals surface area contributed by atoms with E-state index in [1.807, 2.05) is 25.2 Å². The van der Waals surface area contributed by atoms with E-state index in [0.717, 1.165) is 5.69 Å². The number of morpholine rings is 1. The monoisotopic (exact) mass is 461 g/mol. The van der Waals surface area contributed by atoms with Crippen molar-refractivity contribution in [2.75, 3.05) is 32.0 Å². The summed E-state index contributed by atoms with van der Waals surface area (Å²) in [5.41, 5.74) is 7.83. The third-order valence-electron chi connectivity index (χ3n) is 5.29. The molecule has 3 aromatic rings. The van der Waals surface area contributed by atoms with Gasteiger partial charge in [0.05, 0.1) is 30.0 Å². The summed E-state index contributed by atoms with van der Waals surface area (Å²) in [5, 5.41) is -0.147. The van der Waals surface area contributed by atoms with Crippen LogP contribution in [-0.2, 0) is 11.2 Å². The number of carbonyl (C=O) groups excluding carboxylic acids is 1. The van der Waals surface area contributed by atoms with Crippen LogP contribution in [0, 0.1) is 12.7 Å². The standard InChI is InChI=1S/C22H25ClFN5O3/c1-12(2)32-20-14(11-16-27-13(3)19-21(25)26-4-5-29(16)19)10-15(23)18(24)17(20)22(30)28-6-8-31-9-7-28/h4-5,10,12H,6-9,11H2,1-3H3,(H2,25,26). The molecule has 0 aliphatic carbocycles. The summed E-state index contributed by atoms with van der Waals surface area (Å²) in [5.74, 6) is -0.0758. The molecule has 32 heavy (non-hydrogen) atoms. The maximum absolute atomic E-state index is 15.2. The van der Waals surface area contributed by atoms with Crippen LogP contribution in [0.3, 0.4) is 0 Å². The molecule has 1 amide bonds. The molecule has 0 bridgehead atoms. The normalized spacial score (nSPS) is 14.4. The average Bonchev–Trinajstić information content (AvgIpc) is 3.08. The van der Waals surface area contributed by atoms with E-state index in [-0.39, 0.29) is 28.9 Å². The molecule has 1 saturated heterocycles. The number of rotatable bonds is 5. The first-order valence-electron chi connectivity index (χ1n) is 10.4. The van der Waals surface area contributed by atoms with E-state index in [4.69, 9.17) is 26.8 Å². The maximum atomic E-state index is 15.2. The number of anilines is 1. The number of amides is 1. The molecule has 8 nitrogen and oxygen atoms in total. The van der Waals surface area contributed by atoms with E-state index in [1.54, 1.807) is 17.3 Å². The maximum Gasteiger partial charge on any atom is 0.260 e. The van der Waals surface area contributed by atoms with Crippen molar-refractivity contribution in [1.82, 2.24) is 19.3 Å². The van der Waals surface area contributed by atoms with Gasteiger partial charge >= 0.3 is 0 Å². The Morgan fingerprint density at radius 3 is 2.78 bits per heavy atom. The highest BCUT2D eigenvalue weighted by atomic mass is 35.5. The van der Waals surface area contributed by atoms with Gasteiger partial charge in [-0.1, -0.05) is 11.6 Å². The van der Waals surface area contributed by atoms with Gasteiger partial charge in [-0.15, -0.1) is 0 Å². The molecule has 0 unspecified atom stereocenters. The van der Waals surface area contributed by atoms with Crippen molar-refractivity contribution in [3.05, 3.63) is 51.9 Å². The van der Waals surface area contributed by atoms with Crippen molar-refractivity contribution in [3.63, 3.8) is 0 Å². The quantitative estimate of drug-likeness (QED) is 0.626. The number of hydrogen-bond acceptors (Lipinski definition) is 6. The highest BCUT2D eigenvalue weighted by Gasteiger charge is 2.30. The number of nitrogens with two attached hydrogens (primary N) is 1. The molecule has 1 aliphatic rings. The molecular formula is C22H25ClFN5O3. The topological polar surface area (TPSA) is 95.0 Å². The zero-order valence-electron chi connectivity index (χ0n) is 18.2. The number of nitrogen functional groups attached to an aromatic ring is 1. The number of aromatic nitrogens is 3. The molecule has 2 aromatic heterocycles. The van der Waals surface area contributed by atoms with Crippen molar-refractivity contribution in [3.8, 4) is 5.75 Å². The van der Waals surface area contributed by atoms with Crippen LogP contribution in [0.4, 0.5) is 10.2 Å². The molecule has 0 radical (unpaired) electrons. The highest BCUT2D eigenvalue weighted by Crippen LogP contribution is 2.35. The summed E-state index contributed by atoms with van der Waals surface area (Å²) in [7, 11) is 0. The van der Waals surface area contributed by atoms with E-state index in [1.165, 1.54) is 6.07 Å². The Labute approximate surface area is 190 Å². The number of ether oxygens (including phenoxy) is 2. The average molecular weight is 462 g/mol. The first kappa shape index (κ1) is 22.3. The van der Waals surface area contributed by atoms with Crippen molar-refractivity contribution >= 4 is 28.8 Å². The molecule has 3 heterocycles. The number of carbonyl (C=O) groups is 1. The van der Waals surface area contributed by atoms with E-state index < -0.39 is 11.7 Å². The number of aryl methyl sites for hydroxylation is 1. The number of imidazole rings is 1. The van der Waals surface area contributed by atoms with Crippen LogP contribution >= 0.6 is 11.6 Å². The fraction of sp³-hybridized carbons (Fsp3) is 0.409. The lowest BCUT2D eigenvalue weighted by Crippen LogP contribution is -2.41. The SMILES string of the molecule is Cc1nc(Cc2cc(Cl)c(F)c(C(=O)N3CCOCC3)c2OC(C)C)n2ccnc(N)c12. The fourth-order valence-corrected chi connectivity index (χ4v) is 4.11. The Bertz CT molecular complexity index is 1170. The second kappa shape index (κ2) is 8.91. The van der Waals surface area contributed by atoms with Gasteiger partial charge in [0.15, 0.2) is 5.82 Å². The Balaban J connectivity index is 1.84. The molecule has 170 valence electrons. The van der Waals surface area contributed by atoms with Crippen molar-refractivity contribution in [2.45, 2.75) is 33.3 Å². The summed E-state index contributed by atoms with van der Waals surface area (Å²) in [6.45, 7) is 7.02. The van der Waals surface area contributed by atoms with Gasteiger partial charge in [0.2, 0.25) is 0 Å². The zero-order chi connectivity index (χ0) is 23.0. The minimum atomic E-state index is -0.792. The number of hydrogen-bond donors (Lipinski definition) is 1. The largest absolute Gasteiger partial charge is 0.490 e. The number of fused-ring (bicyclic) bond motifs is 1. The molecule has 2 N–H and O–H groups in total. The van der Waals surface area contributed by atoms with E-state index in [2.05, 4.69) is 9.97 Å². The lowest BCUT2D eigenvalue weighted by atomic mass is 10.0. The van der Waals surface area contributed by atoms with Crippen LogP contribution in [0.2, 0.25) is 5.02 Å². The molecular weight excluding hydrogens is 437 g/mol. The van der Waals surface area contributed by atoms with E-state index in [9.17, 15) is 4.79 Å². The fourth-order valence-electron chi connectivity index (χ4n) is 3.89. The van der Waals surface area contributed by atoms with Crippen LogP contribution in [0.15, 0.2) is 18.5 Å². The third-order valence-corrected chi connectivity index (χ3v) is 5.57. The van der Waals surface area contributed by atoms with Gasteiger partial charge in [0, 0.05) is 37.5 Å². The Morgan fingerprint density at radius 1 is 1.38 bits per heavy atom. The lowest BCUT2D eigenvalue weighted by molar-refractivity contribution is 0.0296. The summed E-state index contributed by atoms with van der Waals surface area (Å²) in [6, 6.07) is 1.49. The van der Waals surface area contributed by atoms with Crippen molar-refractivity contribution in [2.24, 2.45) is 0 Å². The molecule has 1 fully saturated rings. The van der Waals surface area contributed by atoms with Crippen molar-refractivity contribution in [1.29, 1.82) is 0 Å². The molecule has 0 spiro atoms.